The number of hydrogen-bond acceptors (Lipinski definition) is 6. The number of H-pyrrole nitrogens is 2. The Labute approximate surface area is 195 Å². The molecule has 0 saturated heterocycles. The third kappa shape index (κ3) is 3.55. The molecule has 6 aromatic rings. The lowest BCUT2D eigenvalue weighted by molar-refractivity contribution is 0.898. The highest BCUT2D eigenvalue weighted by Crippen LogP contribution is 2.33. The highest BCUT2D eigenvalue weighted by Gasteiger charge is 2.16. The molecule has 0 aliphatic carbocycles. The molecule has 0 unspecified atom stereocenters. The van der Waals surface area contributed by atoms with Crippen LogP contribution >= 0.6 is 0 Å². The fourth-order valence-corrected chi connectivity index (χ4v) is 4.18. The minimum absolute atomic E-state index is 0.321. The molecule has 0 aliphatic rings. The van der Waals surface area contributed by atoms with E-state index in [0.717, 1.165) is 61.4 Å². The monoisotopic (exact) mass is 446 g/mol. The topological polar surface area (TPSA) is 108 Å². The van der Waals surface area contributed by atoms with E-state index in [-0.39, 0.29) is 0 Å². The average molecular weight is 447 g/mol. The van der Waals surface area contributed by atoms with Gasteiger partial charge in [0.25, 0.3) is 0 Å². The first-order valence-corrected chi connectivity index (χ1v) is 11.1. The van der Waals surface area contributed by atoms with Gasteiger partial charge in [0.1, 0.15) is 11.2 Å². The van der Waals surface area contributed by atoms with Gasteiger partial charge in [-0.1, -0.05) is 0 Å². The van der Waals surface area contributed by atoms with Gasteiger partial charge in [-0.3, -0.25) is 20.1 Å². The highest BCUT2D eigenvalue weighted by molar-refractivity contribution is 5.99. The summed E-state index contributed by atoms with van der Waals surface area (Å²) in [5.74, 6) is 0. The van der Waals surface area contributed by atoms with E-state index in [1.807, 2.05) is 49.1 Å². The second-order valence-electron chi connectivity index (χ2n) is 8.49. The molecule has 0 fully saturated rings. The molecular weight excluding hydrogens is 424 g/mol. The predicted molar refractivity (Wildman–Crippen MR) is 134 cm³/mol. The van der Waals surface area contributed by atoms with Crippen molar-refractivity contribution in [2.75, 3.05) is 5.32 Å². The lowest BCUT2D eigenvalue weighted by Crippen LogP contribution is -2.09. The smallest absolute Gasteiger partial charge is 0.135 e. The van der Waals surface area contributed by atoms with E-state index >= 15 is 0 Å². The predicted octanol–water partition coefficient (Wildman–Crippen LogP) is 5.45. The van der Waals surface area contributed by atoms with Crippen LogP contribution in [0.3, 0.4) is 0 Å². The Hall–Kier alpha value is -4.59. The molecule has 0 aromatic carbocycles. The number of pyridine rings is 4. The zero-order valence-electron chi connectivity index (χ0n) is 18.7. The Morgan fingerprint density at radius 3 is 2.53 bits per heavy atom. The first-order valence-electron chi connectivity index (χ1n) is 11.1. The summed E-state index contributed by atoms with van der Waals surface area (Å²) in [5, 5.41) is 12.2. The summed E-state index contributed by atoms with van der Waals surface area (Å²) < 4.78 is 0. The highest BCUT2D eigenvalue weighted by atomic mass is 15.1. The number of hydrogen-bond donors (Lipinski definition) is 3. The Bertz CT molecular complexity index is 1610. The number of aromatic nitrogens is 7. The number of rotatable bonds is 5. The van der Waals surface area contributed by atoms with Crippen molar-refractivity contribution in [3.05, 3.63) is 73.6 Å². The number of nitrogens with zero attached hydrogens (tertiary/aromatic N) is 5. The molecule has 6 aromatic heterocycles. The summed E-state index contributed by atoms with van der Waals surface area (Å²) >= 11 is 0. The molecule has 34 heavy (non-hydrogen) atoms. The van der Waals surface area contributed by atoms with Crippen LogP contribution < -0.4 is 5.32 Å². The Morgan fingerprint density at radius 1 is 0.824 bits per heavy atom. The quantitative estimate of drug-likeness (QED) is 0.325. The van der Waals surface area contributed by atoms with Gasteiger partial charge in [0, 0.05) is 53.5 Å². The lowest BCUT2D eigenvalue weighted by atomic mass is 10.1. The van der Waals surface area contributed by atoms with E-state index in [4.69, 9.17) is 4.98 Å². The maximum Gasteiger partial charge on any atom is 0.135 e. The van der Waals surface area contributed by atoms with Crippen molar-refractivity contribution in [2.45, 2.75) is 19.9 Å². The molecule has 166 valence electrons. The molecule has 0 atom stereocenters. The maximum absolute atomic E-state index is 4.95. The molecule has 0 aliphatic heterocycles. The summed E-state index contributed by atoms with van der Waals surface area (Å²) in [6.07, 6.45) is 10.9. The maximum atomic E-state index is 4.95. The van der Waals surface area contributed by atoms with Gasteiger partial charge in [-0.2, -0.15) is 5.10 Å². The van der Waals surface area contributed by atoms with Crippen molar-refractivity contribution < 1.29 is 0 Å². The molecule has 3 N–H and O–H groups in total. The molecule has 0 saturated carbocycles. The van der Waals surface area contributed by atoms with E-state index in [9.17, 15) is 0 Å². The standard InChI is InChI=1S/C26H22N8/c1-15(2)30-18-9-17(11-28-12-18)21-3-4-22-25(32-21)26(34-33-22)23-10-19-20(13-29-14-24(19)31-23)16-5-7-27-8-6-16/h3-15,30-31H,1-2H3,(H,33,34). The SMILES string of the molecule is CC(C)Nc1cncc(-c2ccc3[nH]nc(-c4cc5c(-c6ccncc6)cncc5[nH]4)c3n2)c1. The molecular formula is C26H22N8. The minimum Gasteiger partial charge on any atom is -0.382 e. The van der Waals surface area contributed by atoms with Gasteiger partial charge in [0.15, 0.2) is 0 Å². The summed E-state index contributed by atoms with van der Waals surface area (Å²) in [6, 6.07) is 12.4. The first-order chi connectivity index (χ1) is 16.7. The van der Waals surface area contributed by atoms with Gasteiger partial charge in [-0.05, 0) is 55.8 Å². The van der Waals surface area contributed by atoms with Crippen LogP contribution in [0.4, 0.5) is 5.69 Å². The van der Waals surface area contributed by atoms with Crippen molar-refractivity contribution >= 4 is 27.6 Å². The normalized spacial score (nSPS) is 11.5. The van der Waals surface area contributed by atoms with Crippen LogP contribution in [0.15, 0.2) is 73.6 Å². The third-order valence-corrected chi connectivity index (χ3v) is 5.69. The van der Waals surface area contributed by atoms with Crippen LogP contribution in [0, 0.1) is 0 Å². The zero-order valence-corrected chi connectivity index (χ0v) is 18.7. The van der Waals surface area contributed by atoms with Crippen LogP contribution in [0.25, 0.3) is 55.7 Å². The van der Waals surface area contributed by atoms with Crippen LogP contribution in [0.1, 0.15) is 13.8 Å². The summed E-state index contributed by atoms with van der Waals surface area (Å²) in [4.78, 5) is 21.3. The molecule has 0 bridgehead atoms. The second-order valence-corrected chi connectivity index (χ2v) is 8.49. The van der Waals surface area contributed by atoms with E-state index in [2.05, 4.69) is 61.4 Å². The van der Waals surface area contributed by atoms with Crippen molar-refractivity contribution in [1.82, 2.24) is 35.1 Å². The van der Waals surface area contributed by atoms with E-state index in [1.54, 1.807) is 12.4 Å². The Balaban J connectivity index is 1.45. The number of anilines is 1. The largest absolute Gasteiger partial charge is 0.382 e. The van der Waals surface area contributed by atoms with Gasteiger partial charge in [0.05, 0.1) is 34.3 Å². The van der Waals surface area contributed by atoms with E-state index in [0.29, 0.717) is 6.04 Å². The molecule has 6 heterocycles. The summed E-state index contributed by atoms with van der Waals surface area (Å²) in [5.41, 5.74) is 9.09. The van der Waals surface area contributed by atoms with Crippen molar-refractivity contribution in [3.8, 4) is 33.8 Å². The van der Waals surface area contributed by atoms with Gasteiger partial charge in [-0.25, -0.2) is 4.98 Å². The van der Waals surface area contributed by atoms with Gasteiger partial charge in [0.2, 0.25) is 0 Å². The fourth-order valence-electron chi connectivity index (χ4n) is 4.18. The Morgan fingerprint density at radius 2 is 1.68 bits per heavy atom. The molecule has 0 amide bonds. The van der Waals surface area contributed by atoms with E-state index < -0.39 is 0 Å². The van der Waals surface area contributed by atoms with Crippen molar-refractivity contribution in [2.24, 2.45) is 0 Å². The average Bonchev–Trinajstić information content (AvgIpc) is 3.48. The van der Waals surface area contributed by atoms with Crippen molar-refractivity contribution in [3.63, 3.8) is 0 Å². The molecule has 0 spiro atoms. The minimum atomic E-state index is 0.321. The van der Waals surface area contributed by atoms with Crippen LogP contribution in [-0.4, -0.2) is 41.2 Å². The number of nitrogens with one attached hydrogen (secondary N) is 3. The lowest BCUT2D eigenvalue weighted by Gasteiger charge is -2.10. The summed E-state index contributed by atoms with van der Waals surface area (Å²) in [7, 11) is 0. The number of aromatic amines is 2. The number of fused-ring (bicyclic) bond motifs is 2. The zero-order chi connectivity index (χ0) is 23.1. The van der Waals surface area contributed by atoms with Crippen LogP contribution in [-0.2, 0) is 0 Å². The third-order valence-electron chi connectivity index (χ3n) is 5.69. The van der Waals surface area contributed by atoms with Crippen LogP contribution in [0.2, 0.25) is 0 Å². The Kier molecular flexibility index (Phi) is 4.76. The molecule has 0 radical (unpaired) electrons. The van der Waals surface area contributed by atoms with Gasteiger partial charge in [-0.15, -0.1) is 0 Å². The summed E-state index contributed by atoms with van der Waals surface area (Å²) in [6.45, 7) is 4.20. The second kappa shape index (κ2) is 8.08. The molecule has 8 heteroatoms. The molecule has 8 nitrogen and oxygen atoms in total. The molecule has 6 rings (SSSR count). The van der Waals surface area contributed by atoms with Gasteiger partial charge >= 0.3 is 0 Å². The van der Waals surface area contributed by atoms with E-state index in [1.165, 1.54) is 0 Å². The first kappa shape index (κ1) is 20.0. The fraction of sp³-hybridized carbons (Fsp3) is 0.115. The van der Waals surface area contributed by atoms with Crippen molar-refractivity contribution in [1.29, 1.82) is 0 Å². The van der Waals surface area contributed by atoms with Gasteiger partial charge < -0.3 is 10.3 Å². The van der Waals surface area contributed by atoms with Crippen LogP contribution in [0.5, 0.6) is 0 Å².